The number of carbonyl (C=O) groups excluding carboxylic acids is 1. The summed E-state index contributed by atoms with van der Waals surface area (Å²) in [7, 11) is 1.53. The Hall–Kier alpha value is -3.17. The van der Waals surface area contributed by atoms with E-state index in [9.17, 15) is 4.79 Å². The normalized spacial score (nSPS) is 14.6. The van der Waals surface area contributed by atoms with Crippen molar-refractivity contribution in [3.63, 3.8) is 0 Å². The van der Waals surface area contributed by atoms with Gasteiger partial charge in [-0.25, -0.2) is 0 Å². The molecule has 1 aliphatic heterocycles. The van der Waals surface area contributed by atoms with Crippen LogP contribution in [0.4, 0.5) is 5.69 Å². The number of ether oxygens (including phenoxy) is 3. The number of amides is 1. The predicted molar refractivity (Wildman–Crippen MR) is 128 cm³/mol. The first-order valence-electron chi connectivity index (χ1n) is 10.2. The van der Waals surface area contributed by atoms with E-state index in [1.165, 1.54) is 18.9 Å². The molecule has 0 spiro atoms. The van der Waals surface area contributed by atoms with Crippen LogP contribution in [0.1, 0.15) is 17.5 Å². The molecule has 1 N–H and O–H groups in total. The number of allylic oxidation sites excluding steroid dienone is 1. The largest absolute Gasteiger partial charge is 0.495 e. The minimum Gasteiger partial charge on any atom is -0.495 e. The molecule has 0 saturated heterocycles. The minimum atomic E-state index is -0.420. The van der Waals surface area contributed by atoms with Crippen LogP contribution in [0.3, 0.4) is 0 Å². The topological polar surface area (TPSA) is 87.5 Å². The Morgan fingerprint density at radius 3 is 2.91 bits per heavy atom. The summed E-state index contributed by atoms with van der Waals surface area (Å²) in [4.78, 5) is 12.6. The molecule has 0 fully saturated rings. The van der Waals surface area contributed by atoms with Crippen LogP contribution in [0.15, 0.2) is 54.2 Å². The van der Waals surface area contributed by atoms with Gasteiger partial charge in [0, 0.05) is 17.6 Å². The molecule has 3 aromatic rings. The number of hydrogen-bond acceptors (Lipinski definition) is 7. The average molecular weight is 487 g/mol. The number of aryl methyl sites for hydroxylation is 1. The number of hydrogen-bond donors (Lipinski definition) is 1. The Morgan fingerprint density at radius 2 is 2.15 bits per heavy atom. The predicted octanol–water partition coefficient (Wildman–Crippen LogP) is 4.68. The highest BCUT2D eigenvalue weighted by Gasteiger charge is 2.28. The smallest absolute Gasteiger partial charge is 0.234 e. The first kappa shape index (κ1) is 23.0. The average Bonchev–Trinajstić information content (AvgIpc) is 3.22. The second kappa shape index (κ2) is 10.2. The molecule has 172 valence electrons. The van der Waals surface area contributed by atoms with Gasteiger partial charge in [0.15, 0.2) is 28.6 Å². The number of nitrogens with zero attached hydrogens (tertiary/aromatic N) is 3. The first-order chi connectivity index (χ1) is 16.0. The number of carbonyl (C=O) groups is 1. The summed E-state index contributed by atoms with van der Waals surface area (Å²) in [6.45, 7) is 6.47. The number of methoxy groups -OCH3 is 1. The zero-order valence-electron chi connectivity index (χ0n) is 18.2. The highest BCUT2D eigenvalue weighted by molar-refractivity contribution is 7.99. The SMILES string of the molecule is C=CCn1c(SCC(=O)Nc2cc(C)c(Cl)cc2OC)nnc1C1COc2ccccc2O1. The minimum absolute atomic E-state index is 0.130. The number of aromatic nitrogens is 3. The number of thioether (sulfide) groups is 1. The molecule has 1 aliphatic rings. The van der Waals surface area contributed by atoms with Crippen LogP contribution in [0, 0.1) is 6.92 Å². The van der Waals surface area contributed by atoms with Crippen molar-refractivity contribution in [3.05, 3.63) is 65.5 Å². The molecule has 1 unspecified atom stereocenters. The zero-order valence-corrected chi connectivity index (χ0v) is 19.8. The number of benzene rings is 2. The summed E-state index contributed by atoms with van der Waals surface area (Å²) >= 11 is 7.41. The third-order valence-electron chi connectivity index (χ3n) is 4.94. The van der Waals surface area contributed by atoms with Gasteiger partial charge in [0.25, 0.3) is 0 Å². The van der Waals surface area contributed by atoms with Gasteiger partial charge in [0.2, 0.25) is 5.91 Å². The van der Waals surface area contributed by atoms with Crippen LogP contribution in [-0.2, 0) is 11.3 Å². The number of anilines is 1. The molecule has 1 atom stereocenters. The maximum atomic E-state index is 12.6. The highest BCUT2D eigenvalue weighted by atomic mass is 35.5. The van der Waals surface area contributed by atoms with E-state index in [4.69, 9.17) is 25.8 Å². The fourth-order valence-corrected chi connectivity index (χ4v) is 4.25. The molecule has 0 bridgehead atoms. The first-order valence-corrected chi connectivity index (χ1v) is 11.6. The fraction of sp³-hybridized carbons (Fsp3) is 0.261. The number of halogens is 1. The molecular weight excluding hydrogens is 464 g/mol. The molecule has 0 aliphatic carbocycles. The lowest BCUT2D eigenvalue weighted by molar-refractivity contribution is -0.113. The maximum Gasteiger partial charge on any atom is 0.234 e. The second-order valence-corrected chi connectivity index (χ2v) is 8.59. The van der Waals surface area contributed by atoms with E-state index >= 15 is 0 Å². The molecule has 10 heteroatoms. The highest BCUT2D eigenvalue weighted by Crippen LogP contribution is 2.36. The summed E-state index contributed by atoms with van der Waals surface area (Å²) in [5.74, 6) is 2.38. The van der Waals surface area contributed by atoms with Crippen LogP contribution in [-0.4, -0.2) is 40.1 Å². The third-order valence-corrected chi connectivity index (χ3v) is 6.31. The number of rotatable bonds is 8. The zero-order chi connectivity index (χ0) is 23.4. The quantitative estimate of drug-likeness (QED) is 0.365. The van der Waals surface area contributed by atoms with Gasteiger partial charge in [-0.05, 0) is 30.7 Å². The molecule has 0 radical (unpaired) electrons. The van der Waals surface area contributed by atoms with Gasteiger partial charge in [-0.1, -0.05) is 41.6 Å². The molecule has 8 nitrogen and oxygen atoms in total. The fourth-order valence-electron chi connectivity index (χ4n) is 3.34. The Balaban J connectivity index is 1.46. The summed E-state index contributed by atoms with van der Waals surface area (Å²) < 4.78 is 19.1. The summed E-state index contributed by atoms with van der Waals surface area (Å²) in [6.07, 6.45) is 1.33. The monoisotopic (exact) mass is 486 g/mol. The van der Waals surface area contributed by atoms with E-state index in [2.05, 4.69) is 22.1 Å². The molecule has 1 aromatic heterocycles. The van der Waals surface area contributed by atoms with Crippen molar-refractivity contribution in [2.24, 2.45) is 0 Å². The van der Waals surface area contributed by atoms with Gasteiger partial charge in [-0.15, -0.1) is 16.8 Å². The van der Waals surface area contributed by atoms with Crippen LogP contribution < -0.4 is 19.5 Å². The Labute approximate surface area is 200 Å². The van der Waals surface area contributed by atoms with Gasteiger partial charge in [0.1, 0.15) is 12.4 Å². The van der Waals surface area contributed by atoms with E-state index in [1.807, 2.05) is 35.8 Å². The third kappa shape index (κ3) is 5.09. The van der Waals surface area contributed by atoms with Gasteiger partial charge in [0.05, 0.1) is 18.6 Å². The molecule has 0 saturated carbocycles. The van der Waals surface area contributed by atoms with Gasteiger partial charge >= 0.3 is 0 Å². The molecule has 4 rings (SSSR count). The number of para-hydroxylation sites is 2. The molecular formula is C23H23ClN4O4S. The van der Waals surface area contributed by atoms with E-state index < -0.39 is 6.10 Å². The van der Waals surface area contributed by atoms with E-state index in [0.29, 0.717) is 52.1 Å². The summed E-state index contributed by atoms with van der Waals surface area (Å²) in [6, 6.07) is 10.9. The second-order valence-electron chi connectivity index (χ2n) is 7.24. The van der Waals surface area contributed by atoms with Crippen molar-refractivity contribution in [1.29, 1.82) is 0 Å². The van der Waals surface area contributed by atoms with Crippen molar-refractivity contribution in [3.8, 4) is 17.2 Å². The van der Waals surface area contributed by atoms with Crippen LogP contribution in [0.5, 0.6) is 17.2 Å². The summed E-state index contributed by atoms with van der Waals surface area (Å²) in [5.41, 5.74) is 1.40. The Morgan fingerprint density at radius 1 is 1.36 bits per heavy atom. The van der Waals surface area contributed by atoms with Gasteiger partial charge in [-0.2, -0.15) is 0 Å². The number of fused-ring (bicyclic) bond motifs is 1. The number of nitrogens with one attached hydrogen (secondary N) is 1. The van der Waals surface area contributed by atoms with E-state index in [1.54, 1.807) is 18.2 Å². The van der Waals surface area contributed by atoms with E-state index in [-0.39, 0.29) is 11.7 Å². The lowest BCUT2D eigenvalue weighted by Crippen LogP contribution is -2.25. The Kier molecular flexibility index (Phi) is 7.10. The standard InChI is InChI=1S/C23H23ClN4O4S/c1-4-9-28-22(20-12-31-17-7-5-6-8-18(17)32-20)26-27-23(28)33-13-21(29)25-16-10-14(2)15(24)11-19(16)30-3/h4-8,10-11,20H,1,9,12-13H2,2-3H3,(H,25,29). The van der Waals surface area contributed by atoms with Crippen LogP contribution in [0.25, 0.3) is 0 Å². The van der Waals surface area contributed by atoms with Crippen molar-refractivity contribution in [2.75, 3.05) is 24.8 Å². The van der Waals surface area contributed by atoms with Crippen molar-refractivity contribution in [1.82, 2.24) is 14.8 Å². The molecule has 2 heterocycles. The Bertz CT molecular complexity index is 1180. The van der Waals surface area contributed by atoms with Gasteiger partial charge in [-0.3, -0.25) is 9.36 Å². The van der Waals surface area contributed by atoms with Crippen LogP contribution >= 0.6 is 23.4 Å². The van der Waals surface area contributed by atoms with Crippen molar-refractivity contribution >= 4 is 35.0 Å². The van der Waals surface area contributed by atoms with Crippen molar-refractivity contribution < 1.29 is 19.0 Å². The maximum absolute atomic E-state index is 12.6. The molecule has 2 aromatic carbocycles. The van der Waals surface area contributed by atoms with E-state index in [0.717, 1.165) is 5.56 Å². The summed E-state index contributed by atoms with van der Waals surface area (Å²) in [5, 5.41) is 12.6. The lowest BCUT2D eigenvalue weighted by atomic mass is 10.2. The van der Waals surface area contributed by atoms with Gasteiger partial charge < -0.3 is 19.5 Å². The van der Waals surface area contributed by atoms with Crippen LogP contribution in [0.2, 0.25) is 5.02 Å². The molecule has 33 heavy (non-hydrogen) atoms. The molecule has 1 amide bonds. The van der Waals surface area contributed by atoms with Crippen molar-refractivity contribution in [2.45, 2.75) is 24.7 Å². The lowest BCUT2D eigenvalue weighted by Gasteiger charge is -2.26.